The summed E-state index contributed by atoms with van der Waals surface area (Å²) in [7, 11) is -6.39. The predicted molar refractivity (Wildman–Crippen MR) is 76.3 cm³/mol. The lowest BCUT2D eigenvalue weighted by Crippen LogP contribution is -2.37. The first-order chi connectivity index (χ1) is 8.41. The molecule has 0 rings (SSSR count). The van der Waals surface area contributed by atoms with Crippen molar-refractivity contribution < 1.29 is 21.6 Å². The van der Waals surface area contributed by atoms with Gasteiger partial charge in [-0.05, 0) is 19.3 Å². The largest absolute Gasteiger partial charge is 0.374 e. The Morgan fingerprint density at radius 1 is 1.05 bits per heavy atom. The van der Waals surface area contributed by atoms with Crippen molar-refractivity contribution >= 4 is 19.9 Å². The van der Waals surface area contributed by atoms with Crippen LogP contribution >= 0.6 is 0 Å². The lowest BCUT2D eigenvalue weighted by molar-refractivity contribution is -0.0230. The maximum atomic E-state index is 11.2. The van der Waals surface area contributed by atoms with E-state index in [1.165, 1.54) is 0 Å². The number of hydrogen-bond acceptors (Lipinski definition) is 5. The van der Waals surface area contributed by atoms with Gasteiger partial charge < -0.3 is 4.74 Å². The van der Waals surface area contributed by atoms with Gasteiger partial charge in [-0.1, -0.05) is 13.8 Å². The summed E-state index contributed by atoms with van der Waals surface area (Å²) in [5.74, 6) is 0.257. The first-order valence-corrected chi connectivity index (χ1v) is 10.1. The second-order valence-corrected chi connectivity index (χ2v) is 9.34. The highest BCUT2D eigenvalue weighted by Gasteiger charge is 2.19. The Balaban J connectivity index is 4.55. The lowest BCUT2D eigenvalue weighted by atomic mass is 10.1. The van der Waals surface area contributed by atoms with Gasteiger partial charge in [-0.15, -0.1) is 0 Å². The summed E-state index contributed by atoms with van der Waals surface area (Å²) in [5.41, 5.74) is 0. The SMILES string of the molecule is CC(C)C(C)OC(CCS(C)(=O)=O)CNS(C)(=O)=O. The molecule has 0 aliphatic heterocycles. The minimum absolute atomic E-state index is 0.0199. The maximum absolute atomic E-state index is 11.2. The Morgan fingerprint density at radius 3 is 1.95 bits per heavy atom. The number of hydrogen-bond donors (Lipinski definition) is 1. The van der Waals surface area contributed by atoms with Crippen molar-refractivity contribution in [2.75, 3.05) is 24.8 Å². The van der Waals surface area contributed by atoms with Crippen LogP contribution in [0.3, 0.4) is 0 Å². The molecule has 0 amide bonds. The van der Waals surface area contributed by atoms with Gasteiger partial charge >= 0.3 is 0 Å². The first kappa shape index (κ1) is 18.8. The molecule has 0 saturated heterocycles. The molecule has 19 heavy (non-hydrogen) atoms. The van der Waals surface area contributed by atoms with Crippen molar-refractivity contribution in [3.05, 3.63) is 0 Å². The molecule has 0 aliphatic carbocycles. The minimum atomic E-state index is -3.31. The van der Waals surface area contributed by atoms with Crippen LogP contribution < -0.4 is 4.72 Å². The van der Waals surface area contributed by atoms with Crippen molar-refractivity contribution in [1.29, 1.82) is 0 Å². The van der Waals surface area contributed by atoms with Crippen molar-refractivity contribution in [2.45, 2.75) is 39.4 Å². The average Bonchev–Trinajstić information content (AvgIpc) is 2.19. The standard InChI is InChI=1S/C11H25NO5S2/c1-9(2)10(3)17-11(6-7-18(4,13)14)8-12-19(5,15)16/h9-12H,6-8H2,1-5H3. The summed E-state index contributed by atoms with van der Waals surface area (Å²) in [6.07, 6.45) is 1.98. The fraction of sp³-hybridized carbons (Fsp3) is 1.00. The van der Waals surface area contributed by atoms with E-state index in [-0.39, 0.29) is 30.7 Å². The van der Waals surface area contributed by atoms with E-state index in [0.717, 1.165) is 12.5 Å². The highest BCUT2D eigenvalue weighted by Crippen LogP contribution is 2.11. The van der Waals surface area contributed by atoms with Crippen molar-refractivity contribution in [3.8, 4) is 0 Å². The topological polar surface area (TPSA) is 89.5 Å². The summed E-state index contributed by atoms with van der Waals surface area (Å²) >= 11 is 0. The zero-order chi connectivity index (χ0) is 15.3. The van der Waals surface area contributed by atoms with Crippen LogP contribution in [0.5, 0.6) is 0 Å². The van der Waals surface area contributed by atoms with Crippen LogP contribution in [-0.2, 0) is 24.6 Å². The third-order valence-electron chi connectivity index (χ3n) is 2.73. The Morgan fingerprint density at radius 2 is 1.58 bits per heavy atom. The number of ether oxygens (including phenoxy) is 1. The zero-order valence-electron chi connectivity index (χ0n) is 12.2. The number of sulfonamides is 1. The van der Waals surface area contributed by atoms with E-state index in [1.807, 2.05) is 20.8 Å². The van der Waals surface area contributed by atoms with E-state index in [9.17, 15) is 16.8 Å². The van der Waals surface area contributed by atoms with Crippen LogP contribution in [-0.4, -0.2) is 53.9 Å². The molecule has 0 bridgehead atoms. The van der Waals surface area contributed by atoms with E-state index in [0.29, 0.717) is 0 Å². The molecule has 6 nitrogen and oxygen atoms in total. The van der Waals surface area contributed by atoms with Gasteiger partial charge in [-0.3, -0.25) is 0 Å². The summed E-state index contributed by atoms with van der Waals surface area (Å²) in [6, 6.07) is 0. The van der Waals surface area contributed by atoms with Crippen molar-refractivity contribution in [2.24, 2.45) is 5.92 Å². The summed E-state index contributed by atoms with van der Waals surface area (Å²) in [5, 5.41) is 0. The number of sulfone groups is 1. The van der Waals surface area contributed by atoms with Crippen LogP contribution in [0.2, 0.25) is 0 Å². The first-order valence-electron chi connectivity index (χ1n) is 6.18. The number of rotatable bonds is 9. The van der Waals surface area contributed by atoms with Gasteiger partial charge in [0.15, 0.2) is 0 Å². The van der Waals surface area contributed by atoms with Gasteiger partial charge in [0, 0.05) is 12.8 Å². The molecule has 0 heterocycles. The molecule has 0 spiro atoms. The van der Waals surface area contributed by atoms with Crippen LogP contribution in [0.1, 0.15) is 27.2 Å². The summed E-state index contributed by atoms with van der Waals surface area (Å²) in [6.45, 7) is 5.95. The summed E-state index contributed by atoms with van der Waals surface area (Å²) in [4.78, 5) is 0. The molecular weight excluding hydrogens is 290 g/mol. The van der Waals surface area contributed by atoms with Crippen LogP contribution in [0.15, 0.2) is 0 Å². The Labute approximate surface area is 116 Å². The van der Waals surface area contributed by atoms with E-state index in [2.05, 4.69) is 4.72 Å². The summed E-state index contributed by atoms with van der Waals surface area (Å²) < 4.78 is 52.5. The van der Waals surface area contributed by atoms with Gasteiger partial charge in [-0.25, -0.2) is 21.6 Å². The van der Waals surface area contributed by atoms with E-state index in [1.54, 1.807) is 0 Å². The van der Waals surface area contributed by atoms with Crippen molar-refractivity contribution in [1.82, 2.24) is 4.72 Å². The molecule has 0 aromatic carbocycles. The third-order valence-corrected chi connectivity index (χ3v) is 4.40. The normalized spacial score (nSPS) is 16.5. The van der Waals surface area contributed by atoms with Crippen LogP contribution in [0, 0.1) is 5.92 Å². The molecule has 2 unspecified atom stereocenters. The van der Waals surface area contributed by atoms with Gasteiger partial charge in [-0.2, -0.15) is 0 Å². The lowest BCUT2D eigenvalue weighted by Gasteiger charge is -2.24. The highest BCUT2D eigenvalue weighted by molar-refractivity contribution is 7.90. The number of nitrogens with one attached hydrogen (secondary N) is 1. The van der Waals surface area contributed by atoms with Crippen LogP contribution in [0.25, 0.3) is 0 Å². The second kappa shape index (κ2) is 7.56. The predicted octanol–water partition coefficient (Wildman–Crippen LogP) is 0.400. The highest BCUT2D eigenvalue weighted by atomic mass is 32.2. The molecule has 0 aromatic rings. The average molecular weight is 315 g/mol. The Kier molecular flexibility index (Phi) is 7.49. The van der Waals surface area contributed by atoms with Crippen molar-refractivity contribution in [3.63, 3.8) is 0 Å². The molecular formula is C11H25NO5S2. The molecule has 0 aliphatic rings. The molecule has 0 radical (unpaired) electrons. The fourth-order valence-electron chi connectivity index (χ4n) is 1.27. The van der Waals surface area contributed by atoms with E-state index < -0.39 is 26.0 Å². The monoisotopic (exact) mass is 315 g/mol. The quantitative estimate of drug-likeness (QED) is 0.665. The van der Waals surface area contributed by atoms with Gasteiger partial charge in [0.25, 0.3) is 0 Å². The molecule has 0 saturated carbocycles. The molecule has 8 heteroatoms. The van der Waals surface area contributed by atoms with Gasteiger partial charge in [0.1, 0.15) is 9.84 Å². The molecule has 0 fully saturated rings. The van der Waals surface area contributed by atoms with E-state index >= 15 is 0 Å². The molecule has 2 atom stereocenters. The molecule has 0 aromatic heterocycles. The van der Waals surface area contributed by atoms with Gasteiger partial charge in [0.2, 0.25) is 10.0 Å². The second-order valence-electron chi connectivity index (χ2n) is 5.25. The van der Waals surface area contributed by atoms with Crippen LogP contribution in [0.4, 0.5) is 0 Å². The fourth-order valence-corrected chi connectivity index (χ4v) is 2.45. The molecule has 116 valence electrons. The third kappa shape index (κ3) is 11.4. The zero-order valence-corrected chi connectivity index (χ0v) is 13.8. The van der Waals surface area contributed by atoms with E-state index in [4.69, 9.17) is 4.74 Å². The van der Waals surface area contributed by atoms with Gasteiger partial charge in [0.05, 0.1) is 24.2 Å². The molecule has 1 N–H and O–H groups in total. The smallest absolute Gasteiger partial charge is 0.208 e. The maximum Gasteiger partial charge on any atom is 0.208 e. The minimum Gasteiger partial charge on any atom is -0.374 e. The Hall–Kier alpha value is -0.180. The Bertz CT molecular complexity index is 419.